The Bertz CT molecular complexity index is 924. The van der Waals surface area contributed by atoms with E-state index in [0.29, 0.717) is 18.1 Å². The van der Waals surface area contributed by atoms with Crippen molar-refractivity contribution in [3.63, 3.8) is 0 Å². The second-order valence-electron chi connectivity index (χ2n) is 7.23. The van der Waals surface area contributed by atoms with Crippen LogP contribution in [0.5, 0.6) is 0 Å². The van der Waals surface area contributed by atoms with Gasteiger partial charge in [0.05, 0.1) is 12.2 Å². The fourth-order valence-electron chi connectivity index (χ4n) is 3.65. The van der Waals surface area contributed by atoms with Crippen LogP contribution in [-0.2, 0) is 4.74 Å². The molecule has 1 fully saturated rings. The molecular formula is C24H22F4O. The molecule has 0 heterocycles. The second kappa shape index (κ2) is 9.76. The van der Waals surface area contributed by atoms with Gasteiger partial charge in [-0.05, 0) is 73.4 Å². The highest BCUT2D eigenvalue weighted by Gasteiger charge is 2.23. The molecule has 29 heavy (non-hydrogen) atoms. The second-order valence-corrected chi connectivity index (χ2v) is 7.23. The number of methoxy groups -OCH3 is 1. The zero-order valence-electron chi connectivity index (χ0n) is 16.2. The monoisotopic (exact) mass is 402 g/mol. The van der Waals surface area contributed by atoms with Crippen molar-refractivity contribution in [2.24, 2.45) is 5.92 Å². The van der Waals surface area contributed by atoms with Crippen LogP contribution in [0.25, 0.3) is 0 Å². The summed E-state index contributed by atoms with van der Waals surface area (Å²) < 4.78 is 60.2. The Kier molecular flexibility index (Phi) is 7.11. The highest BCUT2D eigenvalue weighted by molar-refractivity contribution is 5.45. The van der Waals surface area contributed by atoms with E-state index >= 15 is 0 Å². The van der Waals surface area contributed by atoms with E-state index in [2.05, 4.69) is 17.9 Å². The van der Waals surface area contributed by atoms with Crippen LogP contribution in [0.15, 0.2) is 42.5 Å². The topological polar surface area (TPSA) is 9.23 Å². The first-order chi connectivity index (χ1) is 14.0. The van der Waals surface area contributed by atoms with Gasteiger partial charge in [0.25, 0.3) is 0 Å². The minimum absolute atomic E-state index is 0.110. The van der Waals surface area contributed by atoms with Crippen molar-refractivity contribution in [3.05, 3.63) is 82.4 Å². The minimum Gasteiger partial charge on any atom is -0.381 e. The van der Waals surface area contributed by atoms with Gasteiger partial charge in [-0.3, -0.25) is 0 Å². The lowest BCUT2D eigenvalue weighted by molar-refractivity contribution is 0.233. The van der Waals surface area contributed by atoms with Crippen molar-refractivity contribution in [3.8, 4) is 11.8 Å². The van der Waals surface area contributed by atoms with Gasteiger partial charge in [0.2, 0.25) is 0 Å². The fraction of sp³-hybridized carbons (Fsp3) is 0.333. The number of hydrogen-bond donors (Lipinski definition) is 0. The molecule has 0 atom stereocenters. The van der Waals surface area contributed by atoms with Crippen LogP contribution in [0.2, 0.25) is 0 Å². The zero-order chi connectivity index (χ0) is 20.8. The Morgan fingerprint density at radius 1 is 0.897 bits per heavy atom. The van der Waals surface area contributed by atoms with E-state index in [-0.39, 0.29) is 17.0 Å². The Balaban J connectivity index is 1.72. The van der Waals surface area contributed by atoms with E-state index < -0.39 is 23.3 Å². The van der Waals surface area contributed by atoms with E-state index in [9.17, 15) is 17.6 Å². The minimum atomic E-state index is -1.05. The van der Waals surface area contributed by atoms with Gasteiger partial charge in [0.15, 0.2) is 11.6 Å². The van der Waals surface area contributed by atoms with Gasteiger partial charge >= 0.3 is 0 Å². The molecule has 0 radical (unpaired) electrons. The largest absolute Gasteiger partial charge is 0.381 e. The summed E-state index contributed by atoms with van der Waals surface area (Å²) in [6.07, 6.45) is 7.81. The van der Waals surface area contributed by atoms with Crippen LogP contribution >= 0.6 is 0 Å². The first-order valence-corrected chi connectivity index (χ1v) is 9.59. The third-order valence-corrected chi connectivity index (χ3v) is 5.23. The number of hydrogen-bond acceptors (Lipinski definition) is 1. The molecule has 0 saturated heterocycles. The number of allylic oxidation sites excluding steroid dienone is 1. The van der Waals surface area contributed by atoms with Crippen molar-refractivity contribution >= 4 is 0 Å². The molecule has 1 aliphatic rings. The van der Waals surface area contributed by atoms with E-state index in [4.69, 9.17) is 4.74 Å². The summed E-state index contributed by atoms with van der Waals surface area (Å²) in [6, 6.07) is 5.76. The molecule has 0 bridgehead atoms. The van der Waals surface area contributed by atoms with Gasteiger partial charge in [-0.1, -0.05) is 24.0 Å². The van der Waals surface area contributed by atoms with Crippen LogP contribution in [0.1, 0.15) is 48.3 Å². The van der Waals surface area contributed by atoms with Gasteiger partial charge < -0.3 is 4.74 Å². The summed E-state index contributed by atoms with van der Waals surface area (Å²) in [4.78, 5) is 0. The number of rotatable bonds is 4. The molecule has 0 aromatic heterocycles. The molecule has 2 aromatic carbocycles. The van der Waals surface area contributed by atoms with Crippen molar-refractivity contribution in [2.75, 3.05) is 13.7 Å². The molecule has 0 N–H and O–H groups in total. The molecule has 0 unspecified atom stereocenters. The number of ether oxygens (including phenoxy) is 1. The summed E-state index contributed by atoms with van der Waals surface area (Å²) in [5.41, 5.74) is 0.416. The first kappa shape index (κ1) is 21.1. The lowest BCUT2D eigenvalue weighted by Crippen LogP contribution is -2.12. The van der Waals surface area contributed by atoms with Crippen LogP contribution in [0.3, 0.4) is 0 Å². The molecule has 1 nitrogen and oxygen atoms in total. The van der Waals surface area contributed by atoms with Gasteiger partial charge in [-0.25, -0.2) is 17.6 Å². The van der Waals surface area contributed by atoms with Crippen molar-refractivity contribution in [1.29, 1.82) is 0 Å². The normalized spacial score (nSPS) is 19.2. The molecule has 0 spiro atoms. The van der Waals surface area contributed by atoms with Gasteiger partial charge in [0.1, 0.15) is 11.6 Å². The maximum absolute atomic E-state index is 14.5. The average Bonchev–Trinajstić information content (AvgIpc) is 2.70. The standard InChI is InChI=1S/C24H22F4O/c1-29-12-2-3-16-4-8-18(9-5-16)19-14-22(26)20(23(27)15-19)10-6-17-7-11-21(25)24(28)13-17/h2-3,7,11,13-16,18H,4-5,8-9,12H2,1H3/t16-,18-. The Morgan fingerprint density at radius 3 is 2.21 bits per heavy atom. The van der Waals surface area contributed by atoms with Crippen LogP contribution in [-0.4, -0.2) is 13.7 Å². The molecule has 3 rings (SSSR count). The number of benzene rings is 2. The van der Waals surface area contributed by atoms with Crippen molar-refractivity contribution in [2.45, 2.75) is 31.6 Å². The van der Waals surface area contributed by atoms with Gasteiger partial charge in [0, 0.05) is 12.7 Å². The highest BCUT2D eigenvalue weighted by atomic mass is 19.2. The van der Waals surface area contributed by atoms with E-state index in [1.165, 1.54) is 18.2 Å². The van der Waals surface area contributed by atoms with Crippen molar-refractivity contribution < 1.29 is 22.3 Å². The molecule has 0 aliphatic heterocycles. The lowest BCUT2D eigenvalue weighted by atomic mass is 9.78. The average molecular weight is 402 g/mol. The SMILES string of the molecule is COCC=C[C@H]1CC[C@H](c2cc(F)c(C#Cc3ccc(F)c(F)c3)c(F)c2)CC1. The number of halogens is 4. The molecule has 1 aliphatic carbocycles. The summed E-state index contributed by atoms with van der Waals surface area (Å²) >= 11 is 0. The predicted octanol–water partition coefficient (Wildman–Crippen LogP) is 6.12. The van der Waals surface area contributed by atoms with Crippen LogP contribution in [0.4, 0.5) is 17.6 Å². The fourth-order valence-corrected chi connectivity index (χ4v) is 3.65. The highest BCUT2D eigenvalue weighted by Crippen LogP contribution is 2.37. The molecular weight excluding hydrogens is 380 g/mol. The maximum atomic E-state index is 14.5. The van der Waals surface area contributed by atoms with E-state index in [1.807, 2.05) is 6.08 Å². The van der Waals surface area contributed by atoms with E-state index in [1.54, 1.807) is 7.11 Å². The molecule has 2 aromatic rings. The summed E-state index contributed by atoms with van der Waals surface area (Å²) in [7, 11) is 1.65. The maximum Gasteiger partial charge on any atom is 0.160 e. The molecule has 152 valence electrons. The van der Waals surface area contributed by atoms with E-state index in [0.717, 1.165) is 37.8 Å². The lowest BCUT2D eigenvalue weighted by Gasteiger charge is -2.27. The molecule has 1 saturated carbocycles. The Morgan fingerprint density at radius 2 is 1.59 bits per heavy atom. The Labute approximate surface area is 168 Å². The zero-order valence-corrected chi connectivity index (χ0v) is 16.2. The Hall–Kier alpha value is -2.58. The summed E-state index contributed by atoms with van der Waals surface area (Å²) in [5.74, 6) is 1.93. The van der Waals surface area contributed by atoms with Crippen LogP contribution < -0.4 is 0 Å². The first-order valence-electron chi connectivity index (χ1n) is 9.59. The molecule has 5 heteroatoms. The summed E-state index contributed by atoms with van der Waals surface area (Å²) in [5, 5.41) is 0. The third kappa shape index (κ3) is 5.48. The molecule has 0 amide bonds. The van der Waals surface area contributed by atoms with Crippen LogP contribution in [0, 0.1) is 41.0 Å². The predicted molar refractivity (Wildman–Crippen MR) is 104 cm³/mol. The van der Waals surface area contributed by atoms with Gasteiger partial charge in [-0.2, -0.15) is 0 Å². The third-order valence-electron chi connectivity index (χ3n) is 5.23. The van der Waals surface area contributed by atoms with Gasteiger partial charge in [-0.15, -0.1) is 0 Å². The summed E-state index contributed by atoms with van der Waals surface area (Å²) in [6.45, 7) is 0.587. The quantitative estimate of drug-likeness (QED) is 0.340. The van der Waals surface area contributed by atoms with Crippen molar-refractivity contribution in [1.82, 2.24) is 0 Å². The smallest absolute Gasteiger partial charge is 0.160 e.